The third-order valence-corrected chi connectivity index (χ3v) is 8.11. The predicted molar refractivity (Wildman–Crippen MR) is 124 cm³/mol. The fraction of sp³-hybridized carbons (Fsp3) is 0.778. The molecule has 0 aromatic rings. The summed E-state index contributed by atoms with van der Waals surface area (Å²) in [5.41, 5.74) is -0.188. The lowest BCUT2D eigenvalue weighted by atomic mass is 9.61. The summed E-state index contributed by atoms with van der Waals surface area (Å²) in [5.74, 6) is -0.128. The Labute approximate surface area is 192 Å². The quantitative estimate of drug-likeness (QED) is 0.508. The highest BCUT2D eigenvalue weighted by Crippen LogP contribution is 2.59. The van der Waals surface area contributed by atoms with Gasteiger partial charge >= 0.3 is 0 Å². The minimum Gasteiger partial charge on any atom is -0.393 e. The van der Waals surface area contributed by atoms with E-state index in [4.69, 9.17) is 8.22 Å². The van der Waals surface area contributed by atoms with E-state index >= 15 is 0 Å². The first-order chi connectivity index (χ1) is 16.5. The molecule has 3 saturated carbocycles. The minimum atomic E-state index is -3.03. The van der Waals surface area contributed by atoms with Crippen LogP contribution >= 0.6 is 0 Å². The van der Waals surface area contributed by atoms with Crippen molar-refractivity contribution >= 4 is 0 Å². The van der Waals surface area contributed by atoms with Gasteiger partial charge in [0.2, 0.25) is 0 Å². The van der Waals surface area contributed by atoms with Crippen LogP contribution in [0.2, 0.25) is 0 Å². The summed E-state index contributed by atoms with van der Waals surface area (Å²) >= 11 is 0. The molecule has 3 aliphatic rings. The maximum atomic E-state index is 10.8. The van der Waals surface area contributed by atoms with Gasteiger partial charge in [0.05, 0.1) is 17.8 Å². The van der Waals surface area contributed by atoms with Crippen LogP contribution in [0.1, 0.15) is 94.1 Å². The van der Waals surface area contributed by atoms with E-state index in [1.54, 1.807) is 6.08 Å². The largest absolute Gasteiger partial charge is 0.393 e. The molecule has 0 amide bonds. The second kappa shape index (κ2) is 9.30. The fourth-order valence-corrected chi connectivity index (χ4v) is 6.29. The number of rotatable bonds is 5. The monoisotopic (exact) mass is 422 g/mol. The Kier molecular flexibility index (Phi) is 5.18. The minimum absolute atomic E-state index is 0.0888. The number of allylic oxidation sites excluding steroid dienone is 4. The summed E-state index contributed by atoms with van der Waals surface area (Å²) in [5, 5.41) is 30.8. The van der Waals surface area contributed by atoms with Crippen molar-refractivity contribution in [2.75, 3.05) is 0 Å². The van der Waals surface area contributed by atoms with Crippen LogP contribution in [-0.2, 0) is 0 Å². The van der Waals surface area contributed by atoms with Gasteiger partial charge < -0.3 is 15.3 Å². The molecular weight excluding hydrogens is 372 g/mol. The van der Waals surface area contributed by atoms with Gasteiger partial charge in [-0.25, -0.2) is 0 Å². The molecule has 0 aromatic carbocycles. The third-order valence-electron chi connectivity index (χ3n) is 8.11. The Bertz CT molecular complexity index is 848. The van der Waals surface area contributed by atoms with E-state index in [9.17, 15) is 15.3 Å². The zero-order valence-corrected chi connectivity index (χ0v) is 18.8. The number of aliphatic hydroxyl groups excluding tert-OH is 2. The zero-order valence-electron chi connectivity index (χ0n) is 24.8. The van der Waals surface area contributed by atoms with Crippen LogP contribution in [0.4, 0.5) is 0 Å². The highest BCUT2D eigenvalue weighted by Gasteiger charge is 2.50. The van der Waals surface area contributed by atoms with E-state index in [1.807, 2.05) is 6.08 Å². The average molecular weight is 423 g/mol. The molecular formula is C27H44O3. The van der Waals surface area contributed by atoms with Gasteiger partial charge in [0.15, 0.2) is 0 Å². The van der Waals surface area contributed by atoms with Crippen molar-refractivity contribution in [2.24, 2.45) is 29.1 Å². The van der Waals surface area contributed by atoms with Crippen LogP contribution in [0.25, 0.3) is 0 Å². The molecule has 0 heterocycles. The van der Waals surface area contributed by atoms with Crippen LogP contribution < -0.4 is 0 Å². The first kappa shape index (κ1) is 16.7. The summed E-state index contributed by atoms with van der Waals surface area (Å²) in [6.45, 7) is -0.140. The Hall–Kier alpha value is -0.900. The van der Waals surface area contributed by atoms with Crippen molar-refractivity contribution in [3.05, 3.63) is 35.5 Å². The van der Waals surface area contributed by atoms with Gasteiger partial charge in [0.25, 0.3) is 0 Å². The van der Waals surface area contributed by atoms with Crippen molar-refractivity contribution in [3.63, 3.8) is 0 Å². The van der Waals surface area contributed by atoms with E-state index in [1.165, 1.54) is 12.5 Å². The molecule has 0 unspecified atom stereocenters. The van der Waals surface area contributed by atoms with Crippen molar-refractivity contribution in [3.8, 4) is 0 Å². The van der Waals surface area contributed by atoms with Gasteiger partial charge in [-0.05, 0) is 88.2 Å². The van der Waals surface area contributed by atoms with Crippen LogP contribution in [0.3, 0.4) is 0 Å². The van der Waals surface area contributed by atoms with Crippen LogP contribution in [0.5, 0.6) is 0 Å². The predicted octanol–water partition coefficient (Wildman–Crippen LogP) is 5.56. The van der Waals surface area contributed by atoms with Gasteiger partial charge in [0.1, 0.15) is 0 Å². The molecule has 3 nitrogen and oxygen atoms in total. The third kappa shape index (κ3) is 5.29. The Morgan fingerprint density at radius 2 is 1.80 bits per heavy atom. The average Bonchev–Trinajstić information content (AvgIpc) is 3.10. The molecule has 3 rings (SSSR count). The molecule has 0 radical (unpaired) electrons. The molecule has 3 aliphatic carbocycles. The van der Waals surface area contributed by atoms with Crippen molar-refractivity contribution in [1.29, 1.82) is 0 Å². The molecule has 0 spiro atoms. The first-order valence-electron chi connectivity index (χ1n) is 14.7. The highest BCUT2D eigenvalue weighted by atomic mass is 16.3. The second-order valence-corrected chi connectivity index (χ2v) is 10.4. The van der Waals surface area contributed by atoms with Gasteiger partial charge in [-0.1, -0.05) is 56.2 Å². The van der Waals surface area contributed by atoms with Gasteiger partial charge in [-0.15, -0.1) is 0 Å². The van der Waals surface area contributed by atoms with Crippen LogP contribution in [-0.4, -0.2) is 33.1 Å². The van der Waals surface area contributed by atoms with Crippen LogP contribution in [0.15, 0.2) is 35.5 Å². The van der Waals surface area contributed by atoms with E-state index in [-0.39, 0.29) is 11.3 Å². The molecule has 30 heavy (non-hydrogen) atoms. The van der Waals surface area contributed by atoms with Gasteiger partial charge in [-0.3, -0.25) is 0 Å². The highest BCUT2D eigenvalue weighted by molar-refractivity contribution is 5.26. The summed E-state index contributed by atoms with van der Waals surface area (Å²) in [4.78, 5) is 0. The molecule has 0 saturated heterocycles. The number of fused-ring (bicyclic) bond motifs is 1. The van der Waals surface area contributed by atoms with Gasteiger partial charge in [-0.2, -0.15) is 0 Å². The smallest absolute Gasteiger partial charge is 0.0651 e. The Morgan fingerprint density at radius 3 is 2.47 bits per heavy atom. The lowest BCUT2D eigenvalue weighted by Crippen LogP contribution is -2.35. The van der Waals surface area contributed by atoms with Crippen molar-refractivity contribution in [1.82, 2.24) is 0 Å². The number of hydrogen-bond acceptors (Lipinski definition) is 3. The summed E-state index contributed by atoms with van der Waals surface area (Å²) in [6.07, 6.45) is 13.9. The lowest BCUT2D eigenvalue weighted by Gasteiger charge is -2.44. The van der Waals surface area contributed by atoms with Crippen molar-refractivity contribution in [2.45, 2.75) is 104 Å². The summed E-state index contributed by atoms with van der Waals surface area (Å²) in [7, 11) is 0. The van der Waals surface area contributed by atoms with Crippen molar-refractivity contribution < 1.29 is 23.5 Å². The van der Waals surface area contributed by atoms with E-state index < -0.39 is 37.4 Å². The van der Waals surface area contributed by atoms with E-state index in [0.717, 1.165) is 37.7 Å². The number of hydrogen-bond donors (Lipinski definition) is 3. The topological polar surface area (TPSA) is 60.7 Å². The molecule has 0 aliphatic heterocycles. The van der Waals surface area contributed by atoms with E-state index in [0.29, 0.717) is 31.1 Å². The Morgan fingerprint density at radius 1 is 1.10 bits per heavy atom. The van der Waals surface area contributed by atoms with Gasteiger partial charge in [0, 0.05) is 14.1 Å². The molecule has 0 aromatic heterocycles. The van der Waals surface area contributed by atoms with E-state index in [2.05, 4.69) is 26.0 Å². The SMILES string of the molecule is [2H]C([2H])([2H])C(O)([C@@H](C)/C=C/[C@@H](C)[C@H]1CC[C@H]2/C(=C\C=C3C[C@@H](O)C[C@H](O)C3)CCC[C@]12C)C([2H])([2H])[2H]. The number of aliphatic hydroxyl groups is 3. The first-order valence-corrected chi connectivity index (χ1v) is 11.7. The second-order valence-electron chi connectivity index (χ2n) is 10.4. The molecule has 3 heteroatoms. The molecule has 0 bridgehead atoms. The summed E-state index contributed by atoms with van der Waals surface area (Å²) in [6, 6.07) is 0. The lowest BCUT2D eigenvalue weighted by molar-refractivity contribution is 0.0436. The Balaban J connectivity index is 1.77. The van der Waals surface area contributed by atoms with Crippen LogP contribution in [0, 0.1) is 29.1 Å². The normalized spacial score (nSPS) is 42.5. The maximum Gasteiger partial charge on any atom is 0.0651 e. The molecule has 3 fully saturated rings. The summed E-state index contributed by atoms with van der Waals surface area (Å²) < 4.78 is 46.1. The zero-order chi connectivity index (χ0) is 27.1. The maximum absolute atomic E-state index is 10.8. The fourth-order valence-electron chi connectivity index (χ4n) is 6.29. The standard InChI is InChI=1S/C27H44O3/c1-18(8-9-19(2)26(3,4)30)24-12-13-25-21(7-6-14-27(24,25)5)11-10-20-15-22(28)17-23(29)16-20/h8-11,18-19,22-25,28-30H,6-7,12-17H2,1-5H3/b9-8+,21-11-/t18-,19+,22-,23-,24-,25+,27-/m1/s1/i3D3,4D3. The molecule has 3 N–H and O–H groups in total. The molecule has 170 valence electrons. The molecule has 7 atom stereocenters.